The summed E-state index contributed by atoms with van der Waals surface area (Å²) in [5.74, 6) is -1.09. The van der Waals surface area contributed by atoms with E-state index in [2.05, 4.69) is 34.0 Å². The van der Waals surface area contributed by atoms with Crippen LogP contribution in [-0.4, -0.2) is 87.4 Å². The Hall–Kier alpha value is -3.75. The van der Waals surface area contributed by atoms with E-state index in [0.29, 0.717) is 74.4 Å². The van der Waals surface area contributed by atoms with Crippen LogP contribution in [0.3, 0.4) is 0 Å². The first kappa shape index (κ1) is 34.1. The van der Waals surface area contributed by atoms with E-state index in [9.17, 15) is 24.2 Å². The molecule has 2 aromatic heterocycles. The fourth-order valence-electron chi connectivity index (χ4n) is 6.60. The van der Waals surface area contributed by atoms with Crippen LogP contribution in [0, 0.1) is 11.6 Å². The second-order valence-corrected chi connectivity index (χ2v) is 13.9. The Bertz CT molecular complexity index is 1840. The van der Waals surface area contributed by atoms with E-state index in [4.69, 9.17) is 4.74 Å². The minimum Gasteiger partial charge on any atom is -0.506 e. The highest BCUT2D eigenvalue weighted by Gasteiger charge is 2.41. The van der Waals surface area contributed by atoms with Gasteiger partial charge in [-0.25, -0.2) is 13.8 Å². The minimum atomic E-state index is -0.981. The summed E-state index contributed by atoms with van der Waals surface area (Å²) < 4.78 is 36.6. The number of carbonyl (C=O) groups is 1. The first-order valence-corrected chi connectivity index (χ1v) is 17.2. The third-order valence-corrected chi connectivity index (χ3v) is 10.5. The van der Waals surface area contributed by atoms with Crippen LogP contribution in [0.2, 0.25) is 0 Å². The zero-order valence-electron chi connectivity index (χ0n) is 27.1. The van der Waals surface area contributed by atoms with Crippen LogP contribution in [0.1, 0.15) is 70.9 Å². The van der Waals surface area contributed by atoms with Gasteiger partial charge in [0.2, 0.25) is 5.56 Å². The molecule has 10 nitrogen and oxygen atoms in total. The zero-order chi connectivity index (χ0) is 34.0. The van der Waals surface area contributed by atoms with Gasteiger partial charge in [0, 0.05) is 66.6 Å². The molecule has 256 valence electrons. The second-order valence-electron chi connectivity index (χ2n) is 13.0. The molecule has 4 aromatic rings. The molecule has 1 amide bonds. The van der Waals surface area contributed by atoms with Crippen molar-refractivity contribution in [3.63, 3.8) is 0 Å². The predicted molar refractivity (Wildman–Crippen MR) is 179 cm³/mol. The van der Waals surface area contributed by atoms with Crippen LogP contribution >= 0.6 is 11.3 Å². The maximum atomic E-state index is 15.6. The van der Waals surface area contributed by atoms with Gasteiger partial charge < -0.3 is 30.2 Å². The molecule has 1 spiro atoms. The van der Waals surface area contributed by atoms with Crippen molar-refractivity contribution in [1.82, 2.24) is 25.1 Å². The number of phenolic OH excluding ortho intramolecular Hbond substituents is 1. The largest absolute Gasteiger partial charge is 0.506 e. The van der Waals surface area contributed by atoms with Gasteiger partial charge in [-0.1, -0.05) is 26.0 Å². The first-order chi connectivity index (χ1) is 23.0. The fraction of sp³-hybridized carbons (Fsp3) is 0.457. The lowest BCUT2D eigenvalue weighted by Gasteiger charge is -2.47. The Morgan fingerprint density at radius 3 is 2.69 bits per heavy atom. The summed E-state index contributed by atoms with van der Waals surface area (Å²) in [6.45, 7) is 7.55. The van der Waals surface area contributed by atoms with Crippen LogP contribution < -0.4 is 10.9 Å². The van der Waals surface area contributed by atoms with Crippen molar-refractivity contribution in [2.45, 2.75) is 57.3 Å². The third kappa shape index (κ3) is 7.30. The summed E-state index contributed by atoms with van der Waals surface area (Å²) in [4.78, 5) is 36.0. The Kier molecular flexibility index (Phi) is 10.2. The molecule has 6 rings (SSSR count). The molecule has 2 aromatic carbocycles. The standard InChI is InChI=1S/C35H41F2N5O5S/c1-21(2)33-39-27(19-48-33)34(46)42-15-16-47-35(20-42)10-13-41(14-11-35)18-22-3-6-26(36)25(31(22)37)9-12-38-17-29(44)23-4-7-28(43)32-24(23)5-8-30(45)40-32/h3-8,19,21,29,38,43-44H,9-18,20H2,1-2H3,(H,40,45)/t29-/m0/s1. The number of rotatable bonds is 10. The van der Waals surface area contributed by atoms with E-state index in [0.717, 1.165) is 5.01 Å². The van der Waals surface area contributed by atoms with Gasteiger partial charge in [0.25, 0.3) is 5.91 Å². The van der Waals surface area contributed by atoms with Crippen molar-refractivity contribution < 1.29 is 28.5 Å². The number of ether oxygens (including phenoxy) is 1. The Morgan fingerprint density at radius 2 is 1.94 bits per heavy atom. The number of fused-ring (bicyclic) bond motifs is 1. The number of thiazole rings is 1. The van der Waals surface area contributed by atoms with Gasteiger partial charge in [-0.3, -0.25) is 14.5 Å². The Balaban J connectivity index is 1.02. The average molecular weight is 682 g/mol. The van der Waals surface area contributed by atoms with E-state index < -0.39 is 23.3 Å². The number of halogens is 2. The molecule has 0 saturated carbocycles. The number of morpholine rings is 1. The highest BCUT2D eigenvalue weighted by Crippen LogP contribution is 2.33. The number of hydrogen-bond donors (Lipinski definition) is 4. The number of aromatic amines is 1. The van der Waals surface area contributed by atoms with Crippen LogP contribution in [-0.2, 0) is 17.7 Å². The number of benzene rings is 2. The average Bonchev–Trinajstić information content (AvgIpc) is 3.58. The number of aliphatic hydroxyl groups excluding tert-OH is 1. The van der Waals surface area contributed by atoms with E-state index in [1.807, 2.05) is 10.3 Å². The normalized spacial score (nSPS) is 17.4. The maximum absolute atomic E-state index is 15.6. The molecule has 0 unspecified atom stereocenters. The number of aromatic nitrogens is 2. The molecular formula is C35H41F2N5O5S. The third-order valence-electron chi connectivity index (χ3n) is 9.35. The number of aliphatic hydroxyl groups is 1. The van der Waals surface area contributed by atoms with E-state index in [1.165, 1.54) is 41.7 Å². The summed E-state index contributed by atoms with van der Waals surface area (Å²) in [6, 6.07) is 8.63. The Labute approximate surface area is 281 Å². The van der Waals surface area contributed by atoms with Gasteiger partial charge in [0.05, 0.1) is 35.4 Å². The van der Waals surface area contributed by atoms with Crippen molar-refractivity contribution in [2.75, 3.05) is 45.9 Å². The van der Waals surface area contributed by atoms with Gasteiger partial charge in [0.15, 0.2) is 0 Å². The van der Waals surface area contributed by atoms with Gasteiger partial charge >= 0.3 is 0 Å². The van der Waals surface area contributed by atoms with Crippen molar-refractivity contribution in [3.05, 3.63) is 91.2 Å². The summed E-state index contributed by atoms with van der Waals surface area (Å²) in [7, 11) is 0. The first-order valence-electron chi connectivity index (χ1n) is 16.3. The molecule has 0 aliphatic carbocycles. The summed E-state index contributed by atoms with van der Waals surface area (Å²) in [6.07, 6.45) is 0.491. The molecule has 2 aliphatic heterocycles. The molecule has 2 aliphatic rings. The molecule has 13 heteroatoms. The molecule has 1 atom stereocenters. The summed E-state index contributed by atoms with van der Waals surface area (Å²) in [5, 5.41) is 27.2. The number of likely N-dealkylation sites (tertiary alicyclic amines) is 1. The number of piperidine rings is 1. The summed E-state index contributed by atoms with van der Waals surface area (Å²) >= 11 is 1.51. The van der Waals surface area contributed by atoms with Gasteiger partial charge in [-0.05, 0) is 49.6 Å². The topological polar surface area (TPSA) is 131 Å². The molecule has 2 fully saturated rings. The van der Waals surface area contributed by atoms with Crippen LogP contribution in [0.15, 0.2) is 46.6 Å². The van der Waals surface area contributed by atoms with Gasteiger partial charge in [-0.15, -0.1) is 11.3 Å². The quantitative estimate of drug-likeness (QED) is 0.181. The molecule has 48 heavy (non-hydrogen) atoms. The monoisotopic (exact) mass is 681 g/mol. The number of amides is 1. The lowest BCUT2D eigenvalue weighted by Crippen LogP contribution is -2.58. The highest BCUT2D eigenvalue weighted by molar-refractivity contribution is 7.09. The molecule has 4 N–H and O–H groups in total. The molecule has 0 radical (unpaired) electrons. The van der Waals surface area contributed by atoms with Gasteiger partial charge in [0.1, 0.15) is 23.1 Å². The number of hydrogen-bond acceptors (Lipinski definition) is 9. The predicted octanol–water partition coefficient (Wildman–Crippen LogP) is 4.46. The number of pyridine rings is 1. The van der Waals surface area contributed by atoms with Crippen molar-refractivity contribution >= 4 is 28.1 Å². The molecule has 2 saturated heterocycles. The van der Waals surface area contributed by atoms with E-state index >= 15 is 4.39 Å². The number of phenols is 1. The number of aromatic hydroxyl groups is 1. The SMILES string of the molecule is CC(C)c1nc(C(=O)N2CCOC3(CCN(Cc4ccc(F)c(CCNC[C@H](O)c5ccc(O)c6[nH]c(=O)ccc56)c4F)CC3)C2)cs1. The Morgan fingerprint density at radius 1 is 1.15 bits per heavy atom. The fourth-order valence-corrected chi connectivity index (χ4v) is 7.41. The number of H-pyrrole nitrogens is 1. The molecule has 0 bridgehead atoms. The van der Waals surface area contributed by atoms with Gasteiger partial charge in [-0.2, -0.15) is 0 Å². The smallest absolute Gasteiger partial charge is 0.273 e. The van der Waals surface area contributed by atoms with E-state index in [-0.39, 0.29) is 53.7 Å². The van der Waals surface area contributed by atoms with E-state index in [1.54, 1.807) is 6.07 Å². The van der Waals surface area contributed by atoms with Crippen molar-refractivity contribution in [1.29, 1.82) is 0 Å². The van der Waals surface area contributed by atoms with Crippen molar-refractivity contribution in [3.8, 4) is 5.75 Å². The number of nitrogens with one attached hydrogen (secondary N) is 2. The highest BCUT2D eigenvalue weighted by atomic mass is 32.1. The number of nitrogens with zero attached hydrogens (tertiary/aromatic N) is 3. The lowest BCUT2D eigenvalue weighted by atomic mass is 9.89. The summed E-state index contributed by atoms with van der Waals surface area (Å²) in [5.41, 5.74) is 0.806. The van der Waals surface area contributed by atoms with Crippen LogP contribution in [0.25, 0.3) is 10.9 Å². The van der Waals surface area contributed by atoms with Crippen LogP contribution in [0.4, 0.5) is 8.78 Å². The second kappa shape index (κ2) is 14.4. The maximum Gasteiger partial charge on any atom is 0.273 e. The van der Waals surface area contributed by atoms with Crippen molar-refractivity contribution in [2.24, 2.45) is 0 Å². The lowest BCUT2D eigenvalue weighted by molar-refractivity contribution is -0.128. The molecular weight excluding hydrogens is 640 g/mol. The van der Waals surface area contributed by atoms with Crippen LogP contribution in [0.5, 0.6) is 5.75 Å². The number of carbonyl (C=O) groups excluding carboxylic acids is 1. The molecule has 4 heterocycles. The minimum absolute atomic E-state index is 0.0111. The zero-order valence-corrected chi connectivity index (χ0v) is 27.9.